The summed E-state index contributed by atoms with van der Waals surface area (Å²) in [6.45, 7) is 11.0. The topological polar surface area (TPSA) is 24.4 Å². The van der Waals surface area contributed by atoms with E-state index < -0.39 is 0 Å². The molecule has 76 valence electrons. The second kappa shape index (κ2) is 3.91. The Morgan fingerprint density at radius 3 is 2.38 bits per heavy atom. The van der Waals surface area contributed by atoms with Crippen LogP contribution in [0, 0.1) is 5.92 Å². The van der Waals surface area contributed by atoms with Gasteiger partial charge in [-0.05, 0) is 26.7 Å². The van der Waals surface area contributed by atoms with Gasteiger partial charge in [-0.1, -0.05) is 25.6 Å². The summed E-state index contributed by atoms with van der Waals surface area (Å²) in [7, 11) is 0. The van der Waals surface area contributed by atoms with Gasteiger partial charge in [-0.15, -0.1) is 0 Å². The van der Waals surface area contributed by atoms with Crippen LogP contribution in [0.2, 0.25) is 0 Å². The van der Waals surface area contributed by atoms with Crippen LogP contribution in [0.4, 0.5) is 0 Å². The Balaban J connectivity index is 2.55. The van der Waals surface area contributed by atoms with Crippen molar-refractivity contribution in [3.8, 4) is 0 Å². The molecule has 0 bridgehead atoms. The molecule has 1 N–H and O–H groups in total. The first-order valence-electron chi connectivity index (χ1n) is 4.89. The van der Waals surface area contributed by atoms with Gasteiger partial charge in [-0.25, -0.2) is 0 Å². The quantitative estimate of drug-likeness (QED) is 0.740. The molecular formula is C10H20N2S. The van der Waals surface area contributed by atoms with Crippen molar-refractivity contribution in [1.82, 2.24) is 5.32 Å². The fourth-order valence-electron chi connectivity index (χ4n) is 1.01. The summed E-state index contributed by atoms with van der Waals surface area (Å²) in [4.78, 5) is 4.64. The first kappa shape index (κ1) is 10.9. The second-order valence-electron chi connectivity index (χ2n) is 4.72. The zero-order valence-corrected chi connectivity index (χ0v) is 10.0. The molecule has 0 spiro atoms. The van der Waals surface area contributed by atoms with E-state index in [4.69, 9.17) is 0 Å². The molecule has 0 aliphatic carbocycles. The number of nitrogens with one attached hydrogen (secondary N) is 1. The lowest BCUT2D eigenvalue weighted by molar-refractivity contribution is 0.514. The van der Waals surface area contributed by atoms with Crippen molar-refractivity contribution in [3.63, 3.8) is 0 Å². The maximum atomic E-state index is 4.64. The van der Waals surface area contributed by atoms with E-state index in [1.54, 1.807) is 0 Å². The van der Waals surface area contributed by atoms with Gasteiger partial charge in [0.2, 0.25) is 0 Å². The molecule has 1 saturated heterocycles. The Kier molecular flexibility index (Phi) is 3.28. The van der Waals surface area contributed by atoms with Gasteiger partial charge >= 0.3 is 0 Å². The average molecular weight is 200 g/mol. The molecule has 13 heavy (non-hydrogen) atoms. The number of thioether (sulfide) groups is 1. The van der Waals surface area contributed by atoms with Crippen molar-refractivity contribution in [2.45, 2.75) is 46.2 Å². The second-order valence-corrected chi connectivity index (χ2v) is 5.68. The predicted molar refractivity (Wildman–Crippen MR) is 61.4 cm³/mol. The summed E-state index contributed by atoms with van der Waals surface area (Å²) in [6, 6.07) is 0.420. The van der Waals surface area contributed by atoms with Gasteiger partial charge in [0.05, 0.1) is 6.04 Å². The molecule has 0 saturated carbocycles. The number of hydrogen-bond donors (Lipinski definition) is 1. The largest absolute Gasteiger partial charge is 0.359 e. The van der Waals surface area contributed by atoms with Gasteiger partial charge in [-0.3, -0.25) is 4.99 Å². The molecule has 1 fully saturated rings. The molecule has 1 rings (SSSR count). The summed E-state index contributed by atoms with van der Waals surface area (Å²) in [5, 5.41) is 4.55. The molecule has 0 aromatic rings. The summed E-state index contributed by atoms with van der Waals surface area (Å²) in [5.74, 6) is 1.75. The van der Waals surface area contributed by atoms with Gasteiger partial charge in [0.15, 0.2) is 5.17 Å². The Morgan fingerprint density at radius 2 is 2.00 bits per heavy atom. The average Bonchev–Trinajstić information content (AvgIpc) is 2.30. The first-order chi connectivity index (χ1) is 5.91. The van der Waals surface area contributed by atoms with Crippen molar-refractivity contribution in [1.29, 1.82) is 0 Å². The number of nitrogens with zero attached hydrogens (tertiary/aromatic N) is 1. The Bertz CT molecular complexity index is 209. The fourth-order valence-corrected chi connectivity index (χ4v) is 2.17. The third-order valence-corrected chi connectivity index (χ3v) is 3.65. The van der Waals surface area contributed by atoms with Crippen molar-refractivity contribution in [3.05, 3.63) is 0 Å². The molecule has 1 aliphatic heterocycles. The molecule has 1 atom stereocenters. The molecule has 0 radical (unpaired) electrons. The van der Waals surface area contributed by atoms with E-state index in [0.29, 0.717) is 12.0 Å². The van der Waals surface area contributed by atoms with Crippen LogP contribution in [0.5, 0.6) is 0 Å². The minimum atomic E-state index is 0.222. The lowest BCUT2D eigenvalue weighted by Gasteiger charge is -2.17. The minimum absolute atomic E-state index is 0.222. The Hall–Kier alpha value is -0.180. The highest BCUT2D eigenvalue weighted by molar-refractivity contribution is 8.14. The van der Waals surface area contributed by atoms with Gasteiger partial charge in [0.1, 0.15) is 0 Å². The molecule has 0 amide bonds. The van der Waals surface area contributed by atoms with Crippen LogP contribution in [0.25, 0.3) is 0 Å². The van der Waals surface area contributed by atoms with E-state index in [0.717, 1.165) is 10.9 Å². The van der Waals surface area contributed by atoms with E-state index in [2.05, 4.69) is 44.9 Å². The van der Waals surface area contributed by atoms with Crippen molar-refractivity contribution in [2.24, 2.45) is 10.9 Å². The van der Waals surface area contributed by atoms with Crippen molar-refractivity contribution in [2.75, 3.05) is 5.75 Å². The number of aliphatic imine (C=N–C) groups is 1. The molecule has 1 unspecified atom stereocenters. The number of hydrogen-bond acceptors (Lipinski definition) is 2. The van der Waals surface area contributed by atoms with E-state index >= 15 is 0 Å². The molecule has 0 aromatic carbocycles. The van der Waals surface area contributed by atoms with Crippen molar-refractivity contribution >= 4 is 16.9 Å². The van der Waals surface area contributed by atoms with E-state index in [1.165, 1.54) is 0 Å². The van der Waals surface area contributed by atoms with Gasteiger partial charge < -0.3 is 5.32 Å². The smallest absolute Gasteiger partial charge is 0.157 e. The highest BCUT2D eigenvalue weighted by Crippen LogP contribution is 2.23. The molecule has 3 heteroatoms. The van der Waals surface area contributed by atoms with Crippen molar-refractivity contribution < 1.29 is 0 Å². The maximum absolute atomic E-state index is 4.64. The van der Waals surface area contributed by atoms with Crippen LogP contribution in [-0.4, -0.2) is 22.5 Å². The third-order valence-electron chi connectivity index (χ3n) is 2.30. The van der Waals surface area contributed by atoms with Gasteiger partial charge in [0, 0.05) is 11.3 Å². The molecular weight excluding hydrogens is 180 g/mol. The van der Waals surface area contributed by atoms with Crippen LogP contribution in [0.15, 0.2) is 4.99 Å². The fraction of sp³-hybridized carbons (Fsp3) is 0.900. The van der Waals surface area contributed by atoms with E-state index in [9.17, 15) is 0 Å². The lowest BCUT2D eigenvalue weighted by atomic mass is 10.1. The lowest BCUT2D eigenvalue weighted by Crippen LogP contribution is -2.37. The number of rotatable bonds is 2. The highest BCUT2D eigenvalue weighted by atomic mass is 32.2. The summed E-state index contributed by atoms with van der Waals surface area (Å²) in [5.41, 5.74) is 0.222. The number of amidine groups is 1. The SMILES string of the molecule is CC(C)C(C)N=C1NC(C)(C)CS1. The van der Waals surface area contributed by atoms with Crippen LogP contribution in [-0.2, 0) is 0 Å². The monoisotopic (exact) mass is 200 g/mol. The maximum Gasteiger partial charge on any atom is 0.157 e. The zero-order valence-electron chi connectivity index (χ0n) is 9.22. The highest BCUT2D eigenvalue weighted by Gasteiger charge is 2.27. The molecule has 2 nitrogen and oxygen atoms in total. The van der Waals surface area contributed by atoms with Crippen LogP contribution < -0.4 is 5.32 Å². The standard InChI is InChI=1S/C10H20N2S/c1-7(2)8(3)11-9-12-10(4,5)6-13-9/h7-8H,6H2,1-5H3,(H,11,12). The minimum Gasteiger partial charge on any atom is -0.359 e. The summed E-state index contributed by atoms with van der Waals surface area (Å²) in [6.07, 6.45) is 0. The summed E-state index contributed by atoms with van der Waals surface area (Å²) >= 11 is 1.83. The van der Waals surface area contributed by atoms with Gasteiger partial charge in [0.25, 0.3) is 0 Å². The van der Waals surface area contributed by atoms with Crippen LogP contribution in [0.1, 0.15) is 34.6 Å². The van der Waals surface area contributed by atoms with E-state index in [1.807, 2.05) is 11.8 Å². The molecule has 1 heterocycles. The third kappa shape index (κ3) is 3.22. The normalized spacial score (nSPS) is 26.5. The summed E-state index contributed by atoms with van der Waals surface area (Å²) < 4.78 is 0. The molecule has 0 aromatic heterocycles. The van der Waals surface area contributed by atoms with E-state index in [-0.39, 0.29) is 5.54 Å². The van der Waals surface area contributed by atoms with Crippen LogP contribution in [0.3, 0.4) is 0 Å². The first-order valence-corrected chi connectivity index (χ1v) is 5.88. The Labute approximate surface area is 85.6 Å². The molecule has 1 aliphatic rings. The Morgan fingerprint density at radius 1 is 1.38 bits per heavy atom. The predicted octanol–water partition coefficient (Wildman–Crippen LogP) is 2.50. The van der Waals surface area contributed by atoms with Crippen LogP contribution >= 0.6 is 11.8 Å². The van der Waals surface area contributed by atoms with Gasteiger partial charge in [-0.2, -0.15) is 0 Å². The zero-order chi connectivity index (χ0) is 10.1.